The van der Waals surface area contributed by atoms with Gasteiger partial charge in [-0.3, -0.25) is 4.79 Å². The van der Waals surface area contributed by atoms with Gasteiger partial charge in [0.1, 0.15) is 0 Å². The van der Waals surface area contributed by atoms with Gasteiger partial charge in [-0.25, -0.2) is 0 Å². The molecule has 0 unspecified atom stereocenters. The fourth-order valence-electron chi connectivity index (χ4n) is 2.38. The summed E-state index contributed by atoms with van der Waals surface area (Å²) in [7, 11) is -2.25. The smallest absolute Gasteiger partial charge is 0.401 e. The van der Waals surface area contributed by atoms with E-state index >= 15 is 0 Å². The van der Waals surface area contributed by atoms with Crippen molar-refractivity contribution >= 4 is 14.2 Å². The first-order valence-electron chi connectivity index (χ1n) is 6.23. The molecule has 1 fully saturated rings. The van der Waals surface area contributed by atoms with Crippen LogP contribution in [0.5, 0.6) is 0 Å². The Bertz CT molecular complexity index is 322. The number of nitrogens with one attached hydrogen (secondary N) is 1. The van der Waals surface area contributed by atoms with Gasteiger partial charge in [0, 0.05) is 0 Å². The van der Waals surface area contributed by atoms with Crippen LogP contribution in [0.4, 0.5) is 13.2 Å². The van der Waals surface area contributed by atoms with Crippen molar-refractivity contribution in [2.75, 3.05) is 0 Å². The highest BCUT2D eigenvalue weighted by Crippen LogP contribution is 2.40. The number of amides is 1. The van der Waals surface area contributed by atoms with Gasteiger partial charge >= 0.3 is 6.18 Å². The van der Waals surface area contributed by atoms with E-state index < -0.39 is 32.0 Å². The van der Waals surface area contributed by atoms with Crippen molar-refractivity contribution in [3.63, 3.8) is 0 Å². The second kappa shape index (κ2) is 4.84. The number of carbonyl (C=O) groups excluding carboxylic acids is 1. The van der Waals surface area contributed by atoms with E-state index in [2.05, 4.69) is 0 Å². The zero-order chi connectivity index (χ0) is 14.2. The summed E-state index contributed by atoms with van der Waals surface area (Å²) in [6, 6.07) is 0.267. The van der Waals surface area contributed by atoms with Gasteiger partial charge in [0.2, 0.25) is 0 Å². The molecule has 1 aliphatic rings. The highest BCUT2D eigenvalue weighted by Gasteiger charge is 2.65. The van der Waals surface area contributed by atoms with E-state index in [0.717, 1.165) is 0 Å². The quantitative estimate of drug-likeness (QED) is 0.622. The second-order valence-electron chi connectivity index (χ2n) is 4.90. The van der Waals surface area contributed by atoms with E-state index in [-0.39, 0.29) is 0 Å². The van der Waals surface area contributed by atoms with Crippen molar-refractivity contribution in [3.05, 3.63) is 0 Å². The Morgan fingerprint density at radius 2 is 1.72 bits per heavy atom. The number of carbonyl (C=O) groups is 1. The van der Waals surface area contributed by atoms with Gasteiger partial charge in [-0.05, 0) is 25.1 Å². The lowest BCUT2D eigenvalue weighted by atomic mass is 9.87. The number of rotatable bonds is 5. The van der Waals surface area contributed by atoms with Crippen molar-refractivity contribution < 1.29 is 22.4 Å². The third-order valence-electron chi connectivity index (χ3n) is 3.97. The van der Waals surface area contributed by atoms with E-state index in [0.29, 0.717) is 18.1 Å². The molecule has 7 heteroatoms. The molecule has 1 amide bonds. The van der Waals surface area contributed by atoms with E-state index in [1.54, 1.807) is 0 Å². The van der Waals surface area contributed by atoms with Crippen molar-refractivity contribution in [1.29, 1.82) is 0 Å². The minimum Gasteiger partial charge on any atom is -0.401 e. The molecule has 1 aliphatic heterocycles. The monoisotopic (exact) mass is 283 g/mol. The van der Waals surface area contributed by atoms with Gasteiger partial charge in [-0.1, -0.05) is 20.8 Å². The lowest BCUT2D eigenvalue weighted by molar-refractivity contribution is -0.223. The topological polar surface area (TPSA) is 38.3 Å². The molecule has 0 radical (unpaired) electrons. The molecule has 1 saturated heterocycles. The van der Waals surface area contributed by atoms with Crippen molar-refractivity contribution in [1.82, 2.24) is 5.32 Å². The molecular formula is C11H20F3NO2Si. The Morgan fingerprint density at radius 3 is 2.00 bits per heavy atom. The summed E-state index contributed by atoms with van der Waals surface area (Å²) < 4.78 is 44.1. The van der Waals surface area contributed by atoms with Gasteiger partial charge in [-0.2, -0.15) is 13.2 Å². The lowest BCUT2D eigenvalue weighted by Gasteiger charge is -2.50. The van der Waals surface area contributed by atoms with Crippen LogP contribution in [-0.4, -0.2) is 32.0 Å². The van der Waals surface area contributed by atoms with Crippen LogP contribution in [0.1, 0.15) is 27.7 Å². The van der Waals surface area contributed by atoms with Crippen LogP contribution in [0.25, 0.3) is 0 Å². The first-order valence-corrected chi connectivity index (χ1v) is 8.76. The first-order chi connectivity index (χ1) is 8.15. The SMILES string of the molecule is CC[Si](CC)(CC)O[C@@]1(C)C(=O)N[C@H]1C(F)(F)F. The standard InChI is InChI=1S/C11H20F3NO2Si/c1-5-18(6-2,7-3)17-10(4)8(11(12,13)14)15-9(10)16/h8H,5-7H2,1-4H3,(H,15,16)/t8-,10-/m1/s1. The average Bonchev–Trinajstić information content (AvgIpc) is 2.31. The van der Waals surface area contributed by atoms with Crippen LogP contribution < -0.4 is 5.32 Å². The zero-order valence-electron chi connectivity index (χ0n) is 11.1. The molecule has 1 N–H and O–H groups in total. The lowest BCUT2D eigenvalue weighted by Crippen LogP contribution is -2.78. The molecule has 0 aromatic heterocycles. The minimum atomic E-state index is -4.46. The van der Waals surface area contributed by atoms with Gasteiger partial charge < -0.3 is 9.74 Å². The number of hydrogen-bond acceptors (Lipinski definition) is 2. The van der Waals surface area contributed by atoms with Crippen molar-refractivity contribution in [3.8, 4) is 0 Å². The Kier molecular flexibility index (Phi) is 4.17. The van der Waals surface area contributed by atoms with Gasteiger partial charge in [0.15, 0.2) is 20.0 Å². The maximum atomic E-state index is 12.8. The number of alkyl halides is 3. The Balaban J connectivity index is 2.95. The molecule has 3 nitrogen and oxygen atoms in total. The summed E-state index contributed by atoms with van der Waals surface area (Å²) in [5, 5.41) is 1.90. The number of hydrogen-bond donors (Lipinski definition) is 1. The van der Waals surface area contributed by atoms with Crippen LogP contribution >= 0.6 is 0 Å². The average molecular weight is 283 g/mol. The van der Waals surface area contributed by atoms with E-state index in [1.807, 2.05) is 26.1 Å². The molecule has 1 heterocycles. The maximum absolute atomic E-state index is 12.8. The molecular weight excluding hydrogens is 263 g/mol. The molecule has 0 aliphatic carbocycles. The van der Waals surface area contributed by atoms with Crippen LogP contribution in [-0.2, 0) is 9.22 Å². The van der Waals surface area contributed by atoms with Crippen LogP contribution in [0.15, 0.2) is 0 Å². The molecule has 2 atom stereocenters. The molecule has 0 spiro atoms. The molecule has 0 bridgehead atoms. The Morgan fingerprint density at radius 1 is 1.28 bits per heavy atom. The third kappa shape index (κ3) is 2.42. The van der Waals surface area contributed by atoms with Crippen LogP contribution in [0.3, 0.4) is 0 Å². The molecule has 1 rings (SSSR count). The third-order valence-corrected chi connectivity index (χ3v) is 8.69. The molecule has 106 valence electrons. The summed E-state index contributed by atoms with van der Waals surface area (Å²) in [5.41, 5.74) is -1.74. The summed E-state index contributed by atoms with van der Waals surface area (Å²) in [5.74, 6) is -0.656. The normalized spacial score (nSPS) is 28.8. The number of halogens is 3. The van der Waals surface area contributed by atoms with E-state index in [9.17, 15) is 18.0 Å². The Hall–Kier alpha value is -0.563. The summed E-state index contributed by atoms with van der Waals surface area (Å²) in [6.45, 7) is 7.01. The highest BCUT2D eigenvalue weighted by molar-refractivity contribution is 6.73. The van der Waals surface area contributed by atoms with Gasteiger partial charge in [0.25, 0.3) is 5.91 Å². The van der Waals surface area contributed by atoms with E-state index in [4.69, 9.17) is 4.43 Å². The summed E-state index contributed by atoms with van der Waals surface area (Å²) in [6.07, 6.45) is -4.46. The zero-order valence-corrected chi connectivity index (χ0v) is 12.1. The largest absolute Gasteiger partial charge is 0.411 e. The second-order valence-corrected chi connectivity index (χ2v) is 9.59. The maximum Gasteiger partial charge on any atom is 0.411 e. The molecule has 18 heavy (non-hydrogen) atoms. The molecule has 0 aromatic rings. The molecule has 0 saturated carbocycles. The van der Waals surface area contributed by atoms with Gasteiger partial charge in [-0.15, -0.1) is 0 Å². The van der Waals surface area contributed by atoms with Crippen LogP contribution in [0, 0.1) is 0 Å². The Labute approximate surface area is 106 Å². The minimum absolute atomic E-state index is 0.656. The van der Waals surface area contributed by atoms with Crippen molar-refractivity contribution in [2.45, 2.75) is 63.6 Å². The van der Waals surface area contributed by atoms with E-state index in [1.165, 1.54) is 6.92 Å². The fraction of sp³-hybridized carbons (Fsp3) is 0.909. The fourth-order valence-corrected chi connectivity index (χ4v) is 5.42. The van der Waals surface area contributed by atoms with Crippen LogP contribution in [0.2, 0.25) is 18.1 Å². The number of β-lactam (4-membered cyclic amide) rings is 1. The highest BCUT2D eigenvalue weighted by atomic mass is 28.4. The first kappa shape index (κ1) is 15.5. The summed E-state index contributed by atoms with van der Waals surface area (Å²) in [4.78, 5) is 11.5. The molecule has 0 aromatic carbocycles. The van der Waals surface area contributed by atoms with Gasteiger partial charge in [0.05, 0.1) is 0 Å². The predicted octanol–water partition coefficient (Wildman–Crippen LogP) is 2.83. The predicted molar refractivity (Wildman–Crippen MR) is 64.7 cm³/mol. The summed E-state index contributed by atoms with van der Waals surface area (Å²) >= 11 is 0. The van der Waals surface area contributed by atoms with Crippen molar-refractivity contribution in [2.24, 2.45) is 0 Å².